The van der Waals surface area contributed by atoms with E-state index < -0.39 is 4.92 Å². The highest BCUT2D eigenvalue weighted by atomic mass is 16.6. The van der Waals surface area contributed by atoms with Crippen LogP contribution >= 0.6 is 0 Å². The highest BCUT2D eigenvalue weighted by Gasteiger charge is 2.10. The summed E-state index contributed by atoms with van der Waals surface area (Å²) in [6.45, 7) is 1.96. The summed E-state index contributed by atoms with van der Waals surface area (Å²) in [6.07, 6.45) is 3.61. The van der Waals surface area contributed by atoms with Gasteiger partial charge in [0.1, 0.15) is 5.75 Å². The normalized spacial score (nSPS) is 10.4. The molecule has 0 spiro atoms. The minimum Gasteiger partial charge on any atom is -0.496 e. The zero-order valence-electron chi connectivity index (χ0n) is 11.2. The second kappa shape index (κ2) is 6.67. The summed E-state index contributed by atoms with van der Waals surface area (Å²) in [5, 5.41) is 18.1. The van der Waals surface area contributed by atoms with Crippen molar-refractivity contribution in [2.45, 2.75) is 13.1 Å². The lowest BCUT2D eigenvalue weighted by Crippen LogP contribution is -2.20. The number of rotatable bonds is 7. The molecular weight excluding hydrogens is 260 g/mol. The van der Waals surface area contributed by atoms with Crippen molar-refractivity contribution >= 4 is 5.69 Å². The van der Waals surface area contributed by atoms with Gasteiger partial charge in [0.15, 0.2) is 0 Å². The highest BCUT2D eigenvalue weighted by Crippen LogP contribution is 2.23. The van der Waals surface area contributed by atoms with Crippen LogP contribution in [-0.4, -0.2) is 28.4 Å². The van der Waals surface area contributed by atoms with Crippen LogP contribution in [0.3, 0.4) is 0 Å². The standard InChI is InChI=1S/C13H16N4O3/c1-20-13-4-3-12(17(18)19)9-11(13)10-14-6-8-16-7-2-5-15-16/h2-5,7,9,14H,6,8,10H2,1H3. The zero-order chi connectivity index (χ0) is 14.4. The number of hydrogen-bond acceptors (Lipinski definition) is 5. The van der Waals surface area contributed by atoms with Gasteiger partial charge in [-0.3, -0.25) is 14.8 Å². The Morgan fingerprint density at radius 3 is 3.00 bits per heavy atom. The first kappa shape index (κ1) is 14.0. The molecule has 2 rings (SSSR count). The van der Waals surface area contributed by atoms with E-state index >= 15 is 0 Å². The molecule has 20 heavy (non-hydrogen) atoms. The van der Waals surface area contributed by atoms with Crippen LogP contribution in [0.25, 0.3) is 0 Å². The van der Waals surface area contributed by atoms with Crippen LogP contribution in [-0.2, 0) is 13.1 Å². The SMILES string of the molecule is COc1ccc([N+](=O)[O-])cc1CNCCn1cccn1. The molecule has 1 N–H and O–H groups in total. The van der Waals surface area contributed by atoms with Crippen molar-refractivity contribution in [3.05, 3.63) is 52.3 Å². The molecule has 0 atom stereocenters. The minimum atomic E-state index is -0.410. The first-order valence-electron chi connectivity index (χ1n) is 6.20. The van der Waals surface area contributed by atoms with Gasteiger partial charge in [0.2, 0.25) is 0 Å². The van der Waals surface area contributed by atoms with E-state index in [9.17, 15) is 10.1 Å². The summed E-state index contributed by atoms with van der Waals surface area (Å²) in [5.74, 6) is 0.641. The lowest BCUT2D eigenvalue weighted by atomic mass is 10.1. The fraction of sp³-hybridized carbons (Fsp3) is 0.308. The lowest BCUT2D eigenvalue weighted by Gasteiger charge is -2.09. The molecule has 0 aliphatic rings. The summed E-state index contributed by atoms with van der Waals surface area (Å²) in [7, 11) is 1.55. The van der Waals surface area contributed by atoms with E-state index in [2.05, 4.69) is 10.4 Å². The van der Waals surface area contributed by atoms with Crippen molar-refractivity contribution in [1.29, 1.82) is 0 Å². The third-order valence-electron chi connectivity index (χ3n) is 2.87. The van der Waals surface area contributed by atoms with Crippen molar-refractivity contribution in [1.82, 2.24) is 15.1 Å². The van der Waals surface area contributed by atoms with Gasteiger partial charge in [-0.25, -0.2) is 0 Å². The summed E-state index contributed by atoms with van der Waals surface area (Å²) in [4.78, 5) is 10.4. The summed E-state index contributed by atoms with van der Waals surface area (Å²) in [6, 6.07) is 6.44. The Morgan fingerprint density at radius 1 is 1.50 bits per heavy atom. The fourth-order valence-corrected chi connectivity index (χ4v) is 1.87. The quantitative estimate of drug-likeness (QED) is 0.472. The number of aromatic nitrogens is 2. The van der Waals surface area contributed by atoms with Gasteiger partial charge in [0.25, 0.3) is 5.69 Å². The van der Waals surface area contributed by atoms with Crippen molar-refractivity contribution in [3.8, 4) is 5.75 Å². The molecule has 0 amide bonds. The monoisotopic (exact) mass is 276 g/mol. The van der Waals surface area contributed by atoms with Crippen molar-refractivity contribution in [3.63, 3.8) is 0 Å². The van der Waals surface area contributed by atoms with Crippen LogP contribution in [0.1, 0.15) is 5.56 Å². The van der Waals surface area contributed by atoms with Crippen molar-refractivity contribution in [2.75, 3.05) is 13.7 Å². The van der Waals surface area contributed by atoms with Crippen LogP contribution < -0.4 is 10.1 Å². The zero-order valence-corrected chi connectivity index (χ0v) is 11.2. The smallest absolute Gasteiger partial charge is 0.270 e. The average Bonchev–Trinajstić information content (AvgIpc) is 2.96. The van der Waals surface area contributed by atoms with E-state index in [1.54, 1.807) is 19.4 Å². The number of nitro groups is 1. The average molecular weight is 276 g/mol. The molecule has 1 aromatic heterocycles. The van der Waals surface area contributed by atoms with Gasteiger partial charge in [0, 0.05) is 43.2 Å². The summed E-state index contributed by atoms with van der Waals surface area (Å²) < 4.78 is 7.02. The number of hydrogen-bond donors (Lipinski definition) is 1. The fourth-order valence-electron chi connectivity index (χ4n) is 1.87. The first-order valence-corrected chi connectivity index (χ1v) is 6.20. The third kappa shape index (κ3) is 3.55. The predicted molar refractivity (Wildman–Crippen MR) is 73.6 cm³/mol. The number of nitrogens with one attached hydrogen (secondary N) is 1. The van der Waals surface area contributed by atoms with Crippen LogP contribution in [0.5, 0.6) is 5.75 Å². The molecule has 0 aliphatic heterocycles. The molecule has 7 heteroatoms. The summed E-state index contributed by atoms with van der Waals surface area (Å²) >= 11 is 0. The Bertz CT molecular complexity index is 569. The molecule has 1 aromatic carbocycles. The third-order valence-corrected chi connectivity index (χ3v) is 2.87. The van der Waals surface area contributed by atoms with Gasteiger partial charge in [-0.15, -0.1) is 0 Å². The molecule has 2 aromatic rings. The van der Waals surface area contributed by atoms with E-state index in [-0.39, 0.29) is 5.69 Å². The van der Waals surface area contributed by atoms with Gasteiger partial charge in [0.05, 0.1) is 18.6 Å². The van der Waals surface area contributed by atoms with Gasteiger partial charge in [-0.1, -0.05) is 0 Å². The minimum absolute atomic E-state index is 0.0645. The molecule has 106 valence electrons. The highest BCUT2D eigenvalue weighted by molar-refractivity contribution is 5.43. The van der Waals surface area contributed by atoms with Gasteiger partial charge < -0.3 is 10.1 Å². The molecule has 1 heterocycles. The number of non-ortho nitro benzene ring substituents is 1. The Morgan fingerprint density at radius 2 is 2.35 bits per heavy atom. The molecule has 0 saturated heterocycles. The van der Waals surface area contributed by atoms with E-state index in [1.165, 1.54) is 12.1 Å². The molecule has 7 nitrogen and oxygen atoms in total. The topological polar surface area (TPSA) is 82.2 Å². The molecule has 0 aliphatic carbocycles. The second-order valence-corrected chi connectivity index (χ2v) is 4.20. The van der Waals surface area contributed by atoms with Gasteiger partial charge in [-0.2, -0.15) is 5.10 Å². The maximum Gasteiger partial charge on any atom is 0.270 e. The lowest BCUT2D eigenvalue weighted by molar-refractivity contribution is -0.384. The van der Waals surface area contributed by atoms with Crippen LogP contribution in [0.2, 0.25) is 0 Å². The van der Waals surface area contributed by atoms with Crippen LogP contribution in [0.15, 0.2) is 36.7 Å². The Kier molecular flexibility index (Phi) is 4.67. The number of nitro benzene ring substituents is 1. The number of ether oxygens (including phenoxy) is 1. The maximum atomic E-state index is 10.8. The first-order chi connectivity index (χ1) is 9.70. The molecule has 0 radical (unpaired) electrons. The summed E-state index contributed by atoms with van der Waals surface area (Å²) in [5.41, 5.74) is 0.830. The van der Waals surface area contributed by atoms with E-state index in [0.29, 0.717) is 18.8 Å². The Balaban J connectivity index is 1.93. The molecular formula is C13H16N4O3. The van der Waals surface area contributed by atoms with E-state index in [0.717, 1.165) is 12.1 Å². The maximum absolute atomic E-state index is 10.8. The van der Waals surface area contributed by atoms with Crippen molar-refractivity contribution in [2.24, 2.45) is 0 Å². The number of methoxy groups -OCH3 is 1. The van der Waals surface area contributed by atoms with E-state index in [4.69, 9.17) is 4.74 Å². The van der Waals surface area contributed by atoms with Crippen LogP contribution in [0.4, 0.5) is 5.69 Å². The van der Waals surface area contributed by atoms with Crippen LogP contribution in [0, 0.1) is 10.1 Å². The second-order valence-electron chi connectivity index (χ2n) is 4.20. The molecule has 0 unspecified atom stereocenters. The Hall–Kier alpha value is -2.41. The molecule has 0 fully saturated rings. The Labute approximate surface area is 116 Å². The number of benzene rings is 1. The molecule has 0 saturated carbocycles. The van der Waals surface area contributed by atoms with Gasteiger partial charge in [-0.05, 0) is 12.1 Å². The number of nitrogens with zero attached hydrogens (tertiary/aromatic N) is 3. The van der Waals surface area contributed by atoms with Gasteiger partial charge >= 0.3 is 0 Å². The largest absolute Gasteiger partial charge is 0.496 e. The molecule has 0 bridgehead atoms. The predicted octanol–water partition coefficient (Wildman–Crippen LogP) is 1.59. The van der Waals surface area contributed by atoms with E-state index in [1.807, 2.05) is 16.9 Å². The van der Waals surface area contributed by atoms with Crippen molar-refractivity contribution < 1.29 is 9.66 Å².